The molecule has 0 bridgehead atoms. The first-order chi connectivity index (χ1) is 16.1. The molecule has 4 heterocycles. The lowest BCUT2D eigenvalue weighted by atomic mass is 10.00. The number of nitrogens with zero attached hydrogens (tertiary/aromatic N) is 1. The lowest BCUT2D eigenvalue weighted by molar-refractivity contribution is -0.907. The molecule has 1 aromatic carbocycles. The van der Waals surface area contributed by atoms with Gasteiger partial charge in [-0.15, -0.1) is 11.3 Å². The van der Waals surface area contributed by atoms with Crippen LogP contribution in [0.25, 0.3) is 11.0 Å². The minimum Gasteiger partial charge on any atom is -0.503 e. The van der Waals surface area contributed by atoms with E-state index in [1.165, 1.54) is 23.3 Å². The maximum absolute atomic E-state index is 13.6. The van der Waals surface area contributed by atoms with Crippen LogP contribution < -0.4 is 9.64 Å². The molecule has 0 unspecified atom stereocenters. The first-order valence-corrected chi connectivity index (χ1v) is 11.8. The van der Waals surface area contributed by atoms with Crippen molar-refractivity contribution in [1.29, 1.82) is 0 Å². The second-order valence-electron chi connectivity index (χ2n) is 8.11. The van der Waals surface area contributed by atoms with E-state index in [0.29, 0.717) is 43.0 Å². The van der Waals surface area contributed by atoms with Gasteiger partial charge in [0.2, 0.25) is 5.78 Å². The van der Waals surface area contributed by atoms with Crippen molar-refractivity contribution in [3.05, 3.63) is 63.7 Å². The number of thiophene rings is 1. The van der Waals surface area contributed by atoms with Crippen molar-refractivity contribution < 1.29 is 33.5 Å². The molecule has 0 radical (unpaired) electrons. The first-order valence-electron chi connectivity index (χ1n) is 10.9. The van der Waals surface area contributed by atoms with Crippen LogP contribution in [0.3, 0.4) is 0 Å². The van der Waals surface area contributed by atoms with Crippen LogP contribution in [0.4, 0.5) is 0 Å². The summed E-state index contributed by atoms with van der Waals surface area (Å²) in [6, 6.07) is 10.1. The number of fused-ring (bicyclic) bond motifs is 1. The Morgan fingerprint density at radius 1 is 1.27 bits per heavy atom. The molecule has 0 aliphatic carbocycles. The van der Waals surface area contributed by atoms with Gasteiger partial charge in [-0.2, -0.15) is 0 Å². The van der Waals surface area contributed by atoms with Crippen molar-refractivity contribution in [2.75, 3.05) is 46.5 Å². The number of hydrogen-bond donors (Lipinski definition) is 2. The summed E-state index contributed by atoms with van der Waals surface area (Å²) in [5.74, 6) is -0.970. The Bertz CT molecular complexity index is 1210. The number of carbonyl (C=O) groups excluding carboxylic acids is 2. The Morgan fingerprint density at radius 3 is 2.82 bits per heavy atom. The average Bonchev–Trinajstić information content (AvgIpc) is 3.57. The fourth-order valence-electron chi connectivity index (χ4n) is 4.49. The van der Waals surface area contributed by atoms with Crippen LogP contribution in [0.15, 0.2) is 57.5 Å². The Labute approximate surface area is 194 Å². The lowest BCUT2D eigenvalue weighted by Gasteiger charge is -2.29. The van der Waals surface area contributed by atoms with Crippen LogP contribution in [0.1, 0.15) is 21.5 Å². The average molecular weight is 470 g/mol. The number of aliphatic hydroxyl groups is 1. The molecule has 1 amide bonds. The van der Waals surface area contributed by atoms with Gasteiger partial charge in [0.15, 0.2) is 22.9 Å². The monoisotopic (exact) mass is 469 g/mol. The van der Waals surface area contributed by atoms with E-state index < -0.39 is 23.5 Å². The summed E-state index contributed by atoms with van der Waals surface area (Å²) in [5.41, 5.74) is 0.505. The Morgan fingerprint density at radius 2 is 2.09 bits per heavy atom. The fourth-order valence-corrected chi connectivity index (χ4v) is 5.33. The van der Waals surface area contributed by atoms with Gasteiger partial charge in [0, 0.05) is 10.3 Å². The second kappa shape index (κ2) is 9.01. The quantitative estimate of drug-likeness (QED) is 0.514. The van der Waals surface area contributed by atoms with Crippen molar-refractivity contribution in [3.8, 4) is 5.75 Å². The van der Waals surface area contributed by atoms with Gasteiger partial charge < -0.3 is 28.8 Å². The van der Waals surface area contributed by atoms with Crippen LogP contribution in [-0.4, -0.2) is 68.2 Å². The van der Waals surface area contributed by atoms with Gasteiger partial charge in [-0.1, -0.05) is 18.2 Å². The summed E-state index contributed by atoms with van der Waals surface area (Å²) < 4.78 is 16.6. The number of carbonyl (C=O) groups is 2. The lowest BCUT2D eigenvalue weighted by Crippen LogP contribution is -3.14. The predicted molar refractivity (Wildman–Crippen MR) is 122 cm³/mol. The van der Waals surface area contributed by atoms with Crippen LogP contribution in [-0.2, 0) is 9.53 Å². The molecule has 33 heavy (non-hydrogen) atoms. The molecule has 9 heteroatoms. The minimum absolute atomic E-state index is 0.0532. The smallest absolute Gasteiger partial charge is 0.290 e. The number of benzene rings is 1. The van der Waals surface area contributed by atoms with E-state index in [4.69, 9.17) is 13.9 Å². The SMILES string of the molecule is COc1cccc2cc(C(=O)C3=C(O)C(=O)N(CC[NH+]4CCOCC4)[C@@H]3c3cccs3)oc12. The third-order valence-electron chi connectivity index (χ3n) is 6.22. The topological polar surface area (TPSA) is 93.7 Å². The molecular formula is C24H25N2O6S+. The first kappa shape index (κ1) is 21.7. The number of methoxy groups -OCH3 is 1. The zero-order valence-corrected chi connectivity index (χ0v) is 19.0. The number of morpholine rings is 1. The van der Waals surface area contributed by atoms with Crippen molar-refractivity contribution in [2.24, 2.45) is 0 Å². The molecule has 0 saturated carbocycles. The Hall–Kier alpha value is -3.14. The standard InChI is InChI=1S/C24H24N2O6S/c1-30-16-5-2-4-15-14-17(32-23(15)16)21(27)19-20(18-6-3-13-33-18)26(24(29)22(19)28)8-7-25-9-11-31-12-10-25/h2-6,13-14,20,28H,7-12H2,1H3/p+1/t20-/m1/s1. The number of para-hydroxylation sites is 1. The van der Waals surface area contributed by atoms with Gasteiger partial charge in [-0.05, 0) is 23.6 Å². The summed E-state index contributed by atoms with van der Waals surface area (Å²) in [4.78, 5) is 30.4. The van der Waals surface area contributed by atoms with Gasteiger partial charge in [0.05, 0.1) is 45.0 Å². The predicted octanol–water partition coefficient (Wildman–Crippen LogP) is 2.00. The molecule has 0 spiro atoms. The van der Waals surface area contributed by atoms with E-state index in [1.807, 2.05) is 29.6 Å². The number of quaternary nitrogens is 1. The van der Waals surface area contributed by atoms with E-state index in [1.54, 1.807) is 17.0 Å². The van der Waals surface area contributed by atoms with E-state index in [-0.39, 0.29) is 11.3 Å². The third kappa shape index (κ3) is 3.92. The van der Waals surface area contributed by atoms with E-state index in [0.717, 1.165) is 18.0 Å². The molecule has 2 aromatic heterocycles. The Balaban J connectivity index is 1.48. The number of ether oxygens (including phenoxy) is 2. The number of Topliss-reactive ketones (excluding diaryl/α,β-unsaturated/α-hetero) is 1. The molecule has 1 atom stereocenters. The van der Waals surface area contributed by atoms with Crippen LogP contribution in [0.2, 0.25) is 0 Å². The van der Waals surface area contributed by atoms with Crippen LogP contribution in [0.5, 0.6) is 5.75 Å². The van der Waals surface area contributed by atoms with Crippen LogP contribution >= 0.6 is 11.3 Å². The van der Waals surface area contributed by atoms with Gasteiger partial charge in [0.1, 0.15) is 13.1 Å². The molecule has 2 aliphatic rings. The van der Waals surface area contributed by atoms with Crippen molar-refractivity contribution in [3.63, 3.8) is 0 Å². The summed E-state index contributed by atoms with van der Waals surface area (Å²) >= 11 is 1.45. The molecule has 2 aliphatic heterocycles. The summed E-state index contributed by atoms with van der Waals surface area (Å²) in [6.07, 6.45) is 0. The molecule has 3 aromatic rings. The maximum atomic E-state index is 13.6. The van der Waals surface area contributed by atoms with Crippen molar-refractivity contribution in [1.82, 2.24) is 4.90 Å². The summed E-state index contributed by atoms with van der Waals surface area (Å²) in [7, 11) is 1.53. The van der Waals surface area contributed by atoms with Gasteiger partial charge in [0.25, 0.3) is 5.91 Å². The fraction of sp³-hybridized carbons (Fsp3) is 0.333. The molecule has 1 fully saturated rings. The zero-order chi connectivity index (χ0) is 22.9. The number of rotatable bonds is 7. The van der Waals surface area contributed by atoms with E-state index >= 15 is 0 Å². The number of nitrogens with one attached hydrogen (secondary N) is 1. The summed E-state index contributed by atoms with van der Waals surface area (Å²) in [5, 5.41) is 13.4. The number of amides is 1. The maximum Gasteiger partial charge on any atom is 0.290 e. The Kier molecular flexibility index (Phi) is 5.92. The normalized spacial score (nSPS) is 19.6. The van der Waals surface area contributed by atoms with Gasteiger partial charge in [-0.3, -0.25) is 9.59 Å². The van der Waals surface area contributed by atoms with Gasteiger partial charge >= 0.3 is 0 Å². The van der Waals surface area contributed by atoms with Gasteiger partial charge in [-0.25, -0.2) is 0 Å². The highest BCUT2D eigenvalue weighted by molar-refractivity contribution is 7.10. The molecule has 172 valence electrons. The molecule has 2 N–H and O–H groups in total. The molecule has 8 nitrogen and oxygen atoms in total. The molecule has 5 rings (SSSR count). The highest BCUT2D eigenvalue weighted by atomic mass is 32.1. The number of ketones is 1. The van der Waals surface area contributed by atoms with E-state index in [2.05, 4.69) is 0 Å². The second-order valence-corrected chi connectivity index (χ2v) is 9.09. The minimum atomic E-state index is -0.652. The largest absolute Gasteiger partial charge is 0.503 e. The molecule has 1 saturated heterocycles. The molecular weight excluding hydrogens is 444 g/mol. The van der Waals surface area contributed by atoms with Crippen molar-refractivity contribution in [2.45, 2.75) is 6.04 Å². The van der Waals surface area contributed by atoms with E-state index in [9.17, 15) is 14.7 Å². The third-order valence-corrected chi connectivity index (χ3v) is 7.14. The zero-order valence-electron chi connectivity index (χ0n) is 18.2. The number of hydrogen-bond acceptors (Lipinski definition) is 7. The highest BCUT2D eigenvalue weighted by Crippen LogP contribution is 2.41. The number of furan rings is 1. The van der Waals surface area contributed by atoms with Crippen LogP contribution in [0, 0.1) is 0 Å². The van der Waals surface area contributed by atoms with Crippen molar-refractivity contribution >= 4 is 34.0 Å². The number of aliphatic hydroxyl groups excluding tert-OH is 1. The summed E-state index contributed by atoms with van der Waals surface area (Å²) in [6.45, 7) is 4.27. The highest BCUT2D eigenvalue weighted by Gasteiger charge is 2.45.